The molecular formula is C20H23BrFN3O2. The van der Waals surface area contributed by atoms with Crippen LogP contribution in [0.15, 0.2) is 28.9 Å². The van der Waals surface area contributed by atoms with Crippen molar-refractivity contribution in [2.45, 2.75) is 57.7 Å². The Morgan fingerprint density at radius 2 is 2.15 bits per heavy atom. The molecule has 1 aromatic carbocycles. The van der Waals surface area contributed by atoms with E-state index in [9.17, 15) is 9.18 Å². The first kappa shape index (κ1) is 18.5. The largest absolute Gasteiger partial charge is 0.444 e. The number of carbonyl (C=O) groups excluding carboxylic acids is 1. The number of nitrogens with zero attached hydrogens (tertiary/aromatic N) is 2. The predicted molar refractivity (Wildman–Crippen MR) is 104 cm³/mol. The van der Waals surface area contributed by atoms with Crippen LogP contribution in [0.3, 0.4) is 0 Å². The van der Waals surface area contributed by atoms with Gasteiger partial charge in [0.15, 0.2) is 0 Å². The summed E-state index contributed by atoms with van der Waals surface area (Å²) in [4.78, 5) is 22.4. The Morgan fingerprint density at radius 1 is 1.37 bits per heavy atom. The van der Waals surface area contributed by atoms with E-state index in [4.69, 9.17) is 4.74 Å². The Hall–Kier alpha value is -1.89. The number of halogens is 2. The lowest BCUT2D eigenvalue weighted by Gasteiger charge is -2.35. The molecule has 2 heterocycles. The zero-order valence-corrected chi connectivity index (χ0v) is 17.2. The molecule has 1 aliphatic heterocycles. The van der Waals surface area contributed by atoms with Gasteiger partial charge in [0.1, 0.15) is 17.2 Å². The first-order chi connectivity index (χ1) is 12.7. The number of imidazole rings is 1. The molecule has 0 spiro atoms. The lowest BCUT2D eigenvalue weighted by molar-refractivity contribution is 0.00620. The maximum Gasteiger partial charge on any atom is 0.411 e. The molecule has 1 saturated heterocycles. The fourth-order valence-corrected chi connectivity index (χ4v) is 4.58. The summed E-state index contributed by atoms with van der Waals surface area (Å²) in [6.45, 7) is 5.61. The number of hydrogen-bond donors (Lipinski definition) is 1. The van der Waals surface area contributed by atoms with Crippen molar-refractivity contribution in [3.63, 3.8) is 0 Å². The molecule has 2 aliphatic rings. The molecule has 27 heavy (non-hydrogen) atoms. The second-order valence-corrected chi connectivity index (χ2v) is 9.28. The Kier molecular flexibility index (Phi) is 4.53. The van der Waals surface area contributed by atoms with Crippen LogP contribution >= 0.6 is 15.9 Å². The molecule has 4 rings (SSSR count). The topological polar surface area (TPSA) is 58.2 Å². The van der Waals surface area contributed by atoms with Crippen molar-refractivity contribution in [1.29, 1.82) is 0 Å². The molecular weight excluding hydrogens is 413 g/mol. The van der Waals surface area contributed by atoms with Gasteiger partial charge in [0.2, 0.25) is 0 Å². The number of ether oxygens (including phenoxy) is 1. The average molecular weight is 436 g/mol. The summed E-state index contributed by atoms with van der Waals surface area (Å²) in [5, 5.41) is 0. The maximum atomic E-state index is 14.3. The van der Waals surface area contributed by atoms with Crippen molar-refractivity contribution in [2.24, 2.45) is 5.92 Å². The van der Waals surface area contributed by atoms with Gasteiger partial charge in [0.05, 0.1) is 17.9 Å². The van der Waals surface area contributed by atoms with Crippen LogP contribution in [-0.4, -0.2) is 32.6 Å². The van der Waals surface area contributed by atoms with Crippen molar-refractivity contribution in [3.8, 4) is 11.3 Å². The molecule has 7 heteroatoms. The Labute approximate surface area is 166 Å². The van der Waals surface area contributed by atoms with Crippen molar-refractivity contribution in [3.05, 3.63) is 40.5 Å². The number of carbonyl (C=O) groups is 1. The summed E-state index contributed by atoms with van der Waals surface area (Å²) in [5.41, 5.74) is 0.532. The summed E-state index contributed by atoms with van der Waals surface area (Å²) in [6, 6.07) is 4.98. The highest BCUT2D eigenvalue weighted by Crippen LogP contribution is 2.50. The monoisotopic (exact) mass is 435 g/mol. The van der Waals surface area contributed by atoms with Crippen LogP contribution in [0.1, 0.15) is 51.9 Å². The molecule has 2 fully saturated rings. The van der Waals surface area contributed by atoms with Crippen molar-refractivity contribution in [1.82, 2.24) is 14.9 Å². The number of hydrogen-bond acceptors (Lipinski definition) is 3. The van der Waals surface area contributed by atoms with Crippen LogP contribution in [0, 0.1) is 11.7 Å². The number of rotatable bonds is 2. The third kappa shape index (κ3) is 3.49. The van der Waals surface area contributed by atoms with Gasteiger partial charge in [0.25, 0.3) is 0 Å². The van der Waals surface area contributed by atoms with Gasteiger partial charge in [-0.15, -0.1) is 0 Å². The Balaban J connectivity index is 1.64. The van der Waals surface area contributed by atoms with E-state index in [0.29, 0.717) is 27.5 Å². The van der Waals surface area contributed by atoms with Gasteiger partial charge in [-0.3, -0.25) is 4.90 Å². The first-order valence-corrected chi connectivity index (χ1v) is 10.0. The van der Waals surface area contributed by atoms with Gasteiger partial charge >= 0.3 is 6.09 Å². The maximum absolute atomic E-state index is 14.3. The number of aromatic nitrogens is 2. The summed E-state index contributed by atoms with van der Waals surface area (Å²) >= 11 is 3.27. The lowest BCUT2D eigenvalue weighted by Crippen LogP contribution is -2.43. The third-order valence-corrected chi connectivity index (χ3v) is 5.78. The molecule has 2 bridgehead atoms. The van der Waals surface area contributed by atoms with E-state index in [1.54, 1.807) is 18.3 Å². The number of piperidine rings is 1. The number of likely N-dealkylation sites (tertiary alicyclic amines) is 1. The fourth-order valence-electron chi connectivity index (χ4n) is 4.25. The van der Waals surface area contributed by atoms with Gasteiger partial charge in [-0.1, -0.05) is 15.9 Å². The van der Waals surface area contributed by atoms with E-state index >= 15 is 0 Å². The molecule has 144 valence electrons. The number of aromatic amines is 1. The van der Waals surface area contributed by atoms with E-state index in [1.807, 2.05) is 25.7 Å². The minimum Gasteiger partial charge on any atom is -0.444 e. The van der Waals surface area contributed by atoms with Crippen molar-refractivity contribution >= 4 is 22.0 Å². The molecule has 1 aromatic heterocycles. The molecule has 1 saturated carbocycles. The zero-order chi connectivity index (χ0) is 19.3. The molecule has 1 unspecified atom stereocenters. The van der Waals surface area contributed by atoms with Crippen LogP contribution in [-0.2, 0) is 4.74 Å². The van der Waals surface area contributed by atoms with E-state index in [1.165, 1.54) is 6.07 Å². The number of benzene rings is 1. The number of nitrogens with one attached hydrogen (secondary N) is 1. The standard InChI is InChI=1S/C20H23BrFN3O2/c1-20(2,3)27-19(26)25-13-6-4-11(8-13)17(25)18-23-10-16(24-18)14-7-5-12(21)9-15(14)22/h5,7,9-11,13,17H,4,6,8H2,1-3H3,(H,23,24)/t11-,13+,17?/m0/s1. The average Bonchev–Trinajstić information content (AvgIpc) is 3.28. The van der Waals surface area contributed by atoms with Crippen molar-refractivity contribution < 1.29 is 13.9 Å². The van der Waals surface area contributed by atoms with Gasteiger partial charge in [-0.2, -0.15) is 0 Å². The molecule has 0 radical (unpaired) electrons. The van der Waals surface area contributed by atoms with Crippen LogP contribution in [0.2, 0.25) is 0 Å². The Morgan fingerprint density at radius 3 is 2.85 bits per heavy atom. The van der Waals surface area contributed by atoms with E-state index in [2.05, 4.69) is 25.9 Å². The normalized spacial score (nSPS) is 24.5. The second-order valence-electron chi connectivity index (χ2n) is 8.37. The van der Waals surface area contributed by atoms with Gasteiger partial charge < -0.3 is 9.72 Å². The Bertz CT molecular complexity index is 876. The van der Waals surface area contributed by atoms with E-state index < -0.39 is 5.60 Å². The highest BCUT2D eigenvalue weighted by Gasteiger charge is 2.51. The van der Waals surface area contributed by atoms with Crippen molar-refractivity contribution in [2.75, 3.05) is 0 Å². The van der Waals surface area contributed by atoms with Crippen LogP contribution < -0.4 is 0 Å². The second kappa shape index (κ2) is 6.62. The molecule has 1 aliphatic carbocycles. The lowest BCUT2D eigenvalue weighted by atomic mass is 9.98. The molecule has 1 N–H and O–H groups in total. The predicted octanol–water partition coefficient (Wildman–Crippen LogP) is 5.44. The van der Waals surface area contributed by atoms with Crippen LogP contribution in [0.4, 0.5) is 9.18 Å². The highest BCUT2D eigenvalue weighted by atomic mass is 79.9. The van der Waals surface area contributed by atoms with E-state index in [0.717, 1.165) is 19.3 Å². The summed E-state index contributed by atoms with van der Waals surface area (Å²) in [6.07, 6.45) is 4.37. The minimum atomic E-state index is -0.543. The molecule has 5 nitrogen and oxygen atoms in total. The highest BCUT2D eigenvalue weighted by molar-refractivity contribution is 9.10. The van der Waals surface area contributed by atoms with Gasteiger partial charge in [0, 0.05) is 16.1 Å². The van der Waals surface area contributed by atoms with Crippen LogP contribution in [0.5, 0.6) is 0 Å². The summed E-state index contributed by atoms with van der Waals surface area (Å²) in [5.74, 6) is 0.734. The zero-order valence-electron chi connectivity index (χ0n) is 15.6. The minimum absolute atomic E-state index is 0.147. The number of fused-ring (bicyclic) bond motifs is 2. The van der Waals surface area contributed by atoms with Gasteiger partial charge in [-0.25, -0.2) is 14.2 Å². The number of amides is 1. The third-order valence-electron chi connectivity index (χ3n) is 5.29. The van der Waals surface area contributed by atoms with Gasteiger partial charge in [-0.05, 0) is 64.2 Å². The molecule has 1 amide bonds. The van der Waals surface area contributed by atoms with E-state index in [-0.39, 0.29) is 24.0 Å². The SMILES string of the molecule is CC(C)(C)OC(=O)N1C(c2ncc(-c3ccc(Br)cc3F)[nH]2)[C@H]2CC[C@@H]1C2. The smallest absolute Gasteiger partial charge is 0.411 e. The summed E-state index contributed by atoms with van der Waals surface area (Å²) < 4.78 is 20.6. The van der Waals surface area contributed by atoms with Crippen LogP contribution in [0.25, 0.3) is 11.3 Å². The molecule has 2 aromatic rings. The first-order valence-electron chi connectivity index (χ1n) is 9.24. The quantitative estimate of drug-likeness (QED) is 0.682. The molecule has 3 atom stereocenters. The fraction of sp³-hybridized carbons (Fsp3) is 0.500. The summed E-state index contributed by atoms with van der Waals surface area (Å²) in [7, 11) is 0. The number of H-pyrrole nitrogens is 1.